The summed E-state index contributed by atoms with van der Waals surface area (Å²) >= 11 is 0. The van der Waals surface area contributed by atoms with Gasteiger partial charge in [0, 0.05) is 12.1 Å². The van der Waals surface area contributed by atoms with Crippen LogP contribution in [0.4, 0.5) is 13.2 Å². The van der Waals surface area contributed by atoms with Crippen molar-refractivity contribution in [2.24, 2.45) is 0 Å². The second-order valence-corrected chi connectivity index (χ2v) is 7.03. The van der Waals surface area contributed by atoms with Crippen LogP contribution in [0.25, 0.3) is 16.9 Å². The summed E-state index contributed by atoms with van der Waals surface area (Å²) in [6.07, 6.45) is 0. The minimum atomic E-state index is -1.15. The first-order valence-electron chi connectivity index (χ1n) is 9.84. The lowest BCUT2D eigenvalue weighted by molar-refractivity contribution is 0.269. The summed E-state index contributed by atoms with van der Waals surface area (Å²) in [5.74, 6) is -2.66. The van der Waals surface area contributed by atoms with E-state index in [1.165, 1.54) is 33.5 Å². The number of rotatable bonds is 7. The predicted octanol–water partition coefficient (Wildman–Crippen LogP) is 3.44. The maximum atomic E-state index is 15.1. The van der Waals surface area contributed by atoms with Crippen LogP contribution in [0.3, 0.4) is 0 Å². The van der Waals surface area contributed by atoms with Crippen molar-refractivity contribution < 1.29 is 32.1 Å². The third-order valence-electron chi connectivity index (χ3n) is 5.03. The summed E-state index contributed by atoms with van der Waals surface area (Å²) in [6.45, 7) is 1.12. The van der Waals surface area contributed by atoms with E-state index in [0.29, 0.717) is 0 Å². The number of imidazole rings is 1. The fourth-order valence-electron chi connectivity index (χ4n) is 3.45. The molecule has 0 aliphatic carbocycles. The lowest BCUT2D eigenvalue weighted by Crippen LogP contribution is -2.17. The van der Waals surface area contributed by atoms with Crippen LogP contribution in [-0.4, -0.2) is 40.8 Å². The highest BCUT2D eigenvalue weighted by molar-refractivity contribution is 5.78. The number of benzene rings is 2. The number of halogens is 3. The first-order chi connectivity index (χ1) is 16.3. The minimum absolute atomic E-state index is 0.0340. The normalized spacial score (nSPS) is 11.0. The summed E-state index contributed by atoms with van der Waals surface area (Å²) in [6, 6.07) is 4.37. The molecule has 178 valence electrons. The molecule has 0 radical (unpaired) electrons. The van der Waals surface area contributed by atoms with Gasteiger partial charge in [0.1, 0.15) is 23.7 Å². The van der Waals surface area contributed by atoms with Crippen LogP contribution in [-0.2, 0) is 6.61 Å². The first kappa shape index (κ1) is 23.0. The Labute approximate surface area is 190 Å². The zero-order chi connectivity index (χ0) is 24.6. The molecule has 0 fully saturated rings. The van der Waals surface area contributed by atoms with Crippen molar-refractivity contribution in [2.45, 2.75) is 13.5 Å². The number of aryl methyl sites for hydroxylation is 1. The van der Waals surface area contributed by atoms with Crippen molar-refractivity contribution in [3.05, 3.63) is 63.6 Å². The molecule has 0 aliphatic heterocycles. The number of fused-ring (bicyclic) bond motifs is 1. The fourth-order valence-corrected chi connectivity index (χ4v) is 3.45. The van der Waals surface area contributed by atoms with Crippen molar-refractivity contribution in [2.75, 3.05) is 21.3 Å². The van der Waals surface area contributed by atoms with E-state index in [-0.39, 0.29) is 51.4 Å². The molecule has 0 aliphatic rings. The number of hydrogen-bond acceptors (Lipinski definition) is 7. The van der Waals surface area contributed by atoms with Crippen LogP contribution < -0.4 is 24.6 Å². The molecule has 12 heteroatoms. The Morgan fingerprint density at radius 1 is 0.941 bits per heavy atom. The highest BCUT2D eigenvalue weighted by Crippen LogP contribution is 2.34. The molecule has 9 nitrogen and oxygen atoms in total. The molecule has 0 saturated heterocycles. The van der Waals surface area contributed by atoms with Gasteiger partial charge < -0.3 is 18.9 Å². The number of aromatic nitrogens is 4. The SMILES string of the molecule is COc1cc(F)c(-n2c(=O)[nH]c3c(OC)nc(C)nc32)cc1OCc1c(OC)ccc(F)c1F. The Kier molecular flexibility index (Phi) is 6.05. The number of nitrogens with one attached hydrogen (secondary N) is 1. The van der Waals surface area contributed by atoms with E-state index in [1.807, 2.05) is 0 Å². The van der Waals surface area contributed by atoms with E-state index in [1.54, 1.807) is 6.92 Å². The van der Waals surface area contributed by atoms with Crippen LogP contribution in [0.15, 0.2) is 29.1 Å². The molecule has 0 unspecified atom stereocenters. The van der Waals surface area contributed by atoms with Gasteiger partial charge in [-0.15, -0.1) is 0 Å². The maximum absolute atomic E-state index is 15.1. The van der Waals surface area contributed by atoms with E-state index in [2.05, 4.69) is 15.0 Å². The summed E-state index contributed by atoms with van der Waals surface area (Å²) in [7, 11) is 3.95. The van der Waals surface area contributed by atoms with E-state index in [9.17, 15) is 13.6 Å². The van der Waals surface area contributed by atoms with Gasteiger partial charge in [0.15, 0.2) is 34.6 Å². The van der Waals surface area contributed by atoms with Crippen LogP contribution in [0.2, 0.25) is 0 Å². The van der Waals surface area contributed by atoms with Gasteiger partial charge in [0.2, 0.25) is 5.88 Å². The summed E-state index contributed by atoms with van der Waals surface area (Å²) in [5.41, 5.74) is -0.877. The number of methoxy groups -OCH3 is 3. The Morgan fingerprint density at radius 2 is 1.68 bits per heavy atom. The van der Waals surface area contributed by atoms with E-state index in [4.69, 9.17) is 18.9 Å². The van der Waals surface area contributed by atoms with Crippen LogP contribution in [0.5, 0.6) is 23.1 Å². The summed E-state index contributed by atoms with van der Waals surface area (Å²) in [4.78, 5) is 23.6. The average molecular weight is 476 g/mol. The number of H-pyrrole nitrogens is 1. The third kappa shape index (κ3) is 3.87. The van der Waals surface area contributed by atoms with Crippen LogP contribution >= 0.6 is 0 Å². The summed E-state index contributed by atoms with van der Waals surface area (Å²) in [5, 5.41) is 0. The largest absolute Gasteiger partial charge is 0.496 e. The van der Waals surface area contributed by atoms with Crippen molar-refractivity contribution in [1.82, 2.24) is 19.5 Å². The van der Waals surface area contributed by atoms with Gasteiger partial charge in [-0.25, -0.2) is 27.5 Å². The Bertz CT molecular complexity index is 1450. The van der Waals surface area contributed by atoms with Gasteiger partial charge in [-0.3, -0.25) is 4.98 Å². The zero-order valence-corrected chi connectivity index (χ0v) is 18.5. The first-order valence-corrected chi connectivity index (χ1v) is 9.84. The van der Waals surface area contributed by atoms with Crippen molar-refractivity contribution in [3.8, 4) is 28.8 Å². The lowest BCUT2D eigenvalue weighted by Gasteiger charge is -2.15. The Morgan fingerprint density at radius 3 is 2.35 bits per heavy atom. The lowest BCUT2D eigenvalue weighted by atomic mass is 10.2. The molecule has 0 saturated carbocycles. The molecule has 0 bridgehead atoms. The molecule has 2 aromatic heterocycles. The van der Waals surface area contributed by atoms with Crippen LogP contribution in [0, 0.1) is 24.4 Å². The predicted molar refractivity (Wildman–Crippen MR) is 115 cm³/mol. The average Bonchev–Trinajstić information content (AvgIpc) is 3.15. The van der Waals surface area contributed by atoms with Crippen molar-refractivity contribution in [3.63, 3.8) is 0 Å². The number of hydrogen-bond donors (Lipinski definition) is 1. The quantitative estimate of drug-likeness (QED) is 0.436. The van der Waals surface area contributed by atoms with E-state index >= 15 is 4.39 Å². The van der Waals surface area contributed by atoms with Gasteiger partial charge in [-0.1, -0.05) is 0 Å². The van der Waals surface area contributed by atoms with Gasteiger partial charge in [0.25, 0.3) is 0 Å². The van der Waals surface area contributed by atoms with Gasteiger partial charge in [0.05, 0.1) is 32.6 Å². The summed E-state index contributed by atoms with van der Waals surface area (Å²) < 4.78 is 65.2. The number of nitrogens with zero attached hydrogens (tertiary/aromatic N) is 3. The molecule has 2 aromatic carbocycles. The highest BCUT2D eigenvalue weighted by atomic mass is 19.2. The highest BCUT2D eigenvalue weighted by Gasteiger charge is 2.22. The second-order valence-electron chi connectivity index (χ2n) is 7.03. The molecule has 2 heterocycles. The van der Waals surface area contributed by atoms with Gasteiger partial charge >= 0.3 is 5.69 Å². The zero-order valence-electron chi connectivity index (χ0n) is 18.5. The minimum Gasteiger partial charge on any atom is -0.496 e. The number of aromatic amines is 1. The molecule has 4 rings (SSSR count). The second kappa shape index (κ2) is 8.96. The molecule has 0 atom stereocenters. The fraction of sp³-hybridized carbons (Fsp3) is 0.227. The van der Waals surface area contributed by atoms with Gasteiger partial charge in [-0.05, 0) is 19.1 Å². The van der Waals surface area contributed by atoms with E-state index in [0.717, 1.165) is 16.7 Å². The topological polar surface area (TPSA) is 100 Å². The molecule has 34 heavy (non-hydrogen) atoms. The molecule has 4 aromatic rings. The van der Waals surface area contributed by atoms with E-state index < -0.39 is 29.7 Å². The molecule has 1 N–H and O–H groups in total. The monoisotopic (exact) mass is 476 g/mol. The Balaban J connectivity index is 1.83. The maximum Gasteiger partial charge on any atom is 0.332 e. The molecular weight excluding hydrogens is 457 g/mol. The third-order valence-corrected chi connectivity index (χ3v) is 5.03. The van der Waals surface area contributed by atoms with Crippen molar-refractivity contribution >= 4 is 11.2 Å². The smallest absolute Gasteiger partial charge is 0.332 e. The van der Waals surface area contributed by atoms with Crippen LogP contribution in [0.1, 0.15) is 11.4 Å². The standard InChI is InChI=1S/C22H19F3N4O5/c1-10-26-20-19(21(27-10)33-4)28-22(30)29(20)14-8-17(16(32-3)7-13(14)24)34-9-11-15(31-2)6-5-12(23)18(11)25/h5-8H,9H2,1-4H3,(H,28,30). The van der Waals surface area contributed by atoms with Gasteiger partial charge in [-0.2, -0.15) is 4.98 Å². The number of ether oxygens (including phenoxy) is 4. The molecular formula is C22H19F3N4O5. The Hall–Kier alpha value is -4.22. The molecule has 0 spiro atoms. The van der Waals surface area contributed by atoms with Crippen molar-refractivity contribution in [1.29, 1.82) is 0 Å². The molecule has 0 amide bonds.